The van der Waals surface area contributed by atoms with Crippen molar-refractivity contribution in [2.24, 2.45) is 0 Å². The number of amides is 1. The SMILES string of the molecule is COC(=O)c1ccc(CC(=O)NC(C)c2ccccc2N2CCCCC2)cc1OC. The first-order chi connectivity index (χ1) is 14.5. The summed E-state index contributed by atoms with van der Waals surface area (Å²) in [7, 11) is 2.82. The van der Waals surface area contributed by atoms with Crippen LogP contribution in [0.1, 0.15) is 53.7 Å². The second-order valence-electron chi connectivity index (χ2n) is 7.60. The fourth-order valence-electron chi connectivity index (χ4n) is 3.96. The minimum Gasteiger partial charge on any atom is -0.496 e. The maximum absolute atomic E-state index is 12.7. The molecule has 2 aromatic rings. The van der Waals surface area contributed by atoms with Crippen LogP contribution in [-0.2, 0) is 16.0 Å². The van der Waals surface area contributed by atoms with Gasteiger partial charge in [0.2, 0.25) is 5.91 Å². The minimum absolute atomic E-state index is 0.0798. The second-order valence-corrected chi connectivity index (χ2v) is 7.60. The summed E-state index contributed by atoms with van der Waals surface area (Å²) in [5, 5.41) is 3.11. The van der Waals surface area contributed by atoms with Crippen molar-refractivity contribution in [1.82, 2.24) is 5.32 Å². The molecule has 1 saturated heterocycles. The van der Waals surface area contributed by atoms with Crippen LogP contribution in [0.2, 0.25) is 0 Å². The highest BCUT2D eigenvalue weighted by atomic mass is 16.5. The monoisotopic (exact) mass is 410 g/mol. The number of methoxy groups -OCH3 is 2. The molecule has 0 spiro atoms. The third-order valence-corrected chi connectivity index (χ3v) is 5.51. The van der Waals surface area contributed by atoms with E-state index in [1.54, 1.807) is 18.2 Å². The first-order valence-electron chi connectivity index (χ1n) is 10.4. The molecular weight excluding hydrogens is 380 g/mol. The number of rotatable bonds is 7. The van der Waals surface area contributed by atoms with Crippen LogP contribution in [0.5, 0.6) is 5.75 Å². The Hall–Kier alpha value is -3.02. The third kappa shape index (κ3) is 5.12. The molecule has 0 saturated carbocycles. The van der Waals surface area contributed by atoms with Gasteiger partial charge in [-0.05, 0) is 55.5 Å². The summed E-state index contributed by atoms with van der Waals surface area (Å²) < 4.78 is 10.0. The summed E-state index contributed by atoms with van der Waals surface area (Å²) in [4.78, 5) is 26.9. The molecule has 30 heavy (non-hydrogen) atoms. The number of nitrogens with one attached hydrogen (secondary N) is 1. The summed E-state index contributed by atoms with van der Waals surface area (Å²) in [6.45, 7) is 4.13. The van der Waals surface area contributed by atoms with Crippen molar-refractivity contribution in [3.05, 3.63) is 59.2 Å². The summed E-state index contributed by atoms with van der Waals surface area (Å²) in [6, 6.07) is 13.3. The van der Waals surface area contributed by atoms with E-state index in [4.69, 9.17) is 9.47 Å². The van der Waals surface area contributed by atoms with Crippen LogP contribution < -0.4 is 15.0 Å². The predicted molar refractivity (Wildman–Crippen MR) is 117 cm³/mol. The number of para-hydroxylation sites is 1. The van der Waals surface area contributed by atoms with Crippen molar-refractivity contribution < 1.29 is 19.1 Å². The lowest BCUT2D eigenvalue weighted by molar-refractivity contribution is -0.121. The maximum Gasteiger partial charge on any atom is 0.341 e. The van der Waals surface area contributed by atoms with E-state index in [1.165, 1.54) is 39.2 Å². The Bertz CT molecular complexity index is 891. The molecule has 1 atom stereocenters. The molecule has 6 heteroatoms. The highest BCUT2D eigenvalue weighted by molar-refractivity contribution is 5.92. The molecule has 1 aliphatic heterocycles. The summed E-state index contributed by atoms with van der Waals surface area (Å²) in [5.74, 6) is -0.148. The quantitative estimate of drug-likeness (QED) is 0.702. The van der Waals surface area contributed by atoms with Crippen molar-refractivity contribution >= 4 is 17.6 Å². The molecule has 1 N–H and O–H groups in total. The molecule has 3 rings (SSSR count). The van der Waals surface area contributed by atoms with E-state index in [1.807, 2.05) is 13.0 Å². The first kappa shape index (κ1) is 21.7. The third-order valence-electron chi connectivity index (χ3n) is 5.51. The highest BCUT2D eigenvalue weighted by Crippen LogP contribution is 2.29. The topological polar surface area (TPSA) is 67.9 Å². The summed E-state index contributed by atoms with van der Waals surface area (Å²) in [6.07, 6.45) is 3.90. The van der Waals surface area contributed by atoms with E-state index < -0.39 is 5.97 Å². The van der Waals surface area contributed by atoms with Crippen LogP contribution in [0.4, 0.5) is 5.69 Å². The van der Waals surface area contributed by atoms with Crippen LogP contribution in [0.3, 0.4) is 0 Å². The Balaban J connectivity index is 1.69. The van der Waals surface area contributed by atoms with Crippen molar-refractivity contribution in [3.8, 4) is 5.75 Å². The Morgan fingerprint density at radius 1 is 1.07 bits per heavy atom. The molecule has 6 nitrogen and oxygen atoms in total. The highest BCUT2D eigenvalue weighted by Gasteiger charge is 2.19. The number of esters is 1. The van der Waals surface area contributed by atoms with Crippen molar-refractivity contribution in [2.45, 2.75) is 38.6 Å². The standard InChI is InChI=1S/C24H30N2O4/c1-17(19-9-5-6-10-21(19)26-13-7-4-8-14-26)25-23(27)16-18-11-12-20(24(28)30-3)22(15-18)29-2/h5-6,9-12,15,17H,4,7-8,13-14,16H2,1-3H3,(H,25,27). The fraction of sp³-hybridized carbons (Fsp3) is 0.417. The van der Waals surface area contributed by atoms with E-state index in [0.717, 1.165) is 24.2 Å². The molecule has 0 aliphatic carbocycles. The van der Waals surface area contributed by atoms with Crippen molar-refractivity contribution in [3.63, 3.8) is 0 Å². The fourth-order valence-corrected chi connectivity index (χ4v) is 3.96. The number of hydrogen-bond donors (Lipinski definition) is 1. The molecule has 1 aliphatic rings. The normalized spacial score (nSPS) is 14.7. The summed E-state index contributed by atoms with van der Waals surface area (Å²) >= 11 is 0. The van der Waals surface area contributed by atoms with Gasteiger partial charge in [-0.25, -0.2) is 4.79 Å². The molecule has 0 radical (unpaired) electrons. The Morgan fingerprint density at radius 2 is 1.80 bits per heavy atom. The molecule has 1 fully saturated rings. The molecule has 0 aromatic heterocycles. The van der Waals surface area contributed by atoms with Gasteiger partial charge in [0.1, 0.15) is 11.3 Å². The Morgan fingerprint density at radius 3 is 2.50 bits per heavy atom. The zero-order chi connectivity index (χ0) is 21.5. The van der Waals surface area contributed by atoms with Crippen LogP contribution >= 0.6 is 0 Å². The molecule has 0 bridgehead atoms. The average Bonchev–Trinajstić information content (AvgIpc) is 2.78. The van der Waals surface area contributed by atoms with Gasteiger partial charge in [0, 0.05) is 18.8 Å². The number of nitrogens with zero attached hydrogens (tertiary/aromatic N) is 1. The molecule has 1 amide bonds. The van der Waals surface area contributed by atoms with Gasteiger partial charge in [-0.2, -0.15) is 0 Å². The van der Waals surface area contributed by atoms with E-state index in [2.05, 4.69) is 28.4 Å². The van der Waals surface area contributed by atoms with Crippen LogP contribution in [0, 0.1) is 0 Å². The van der Waals surface area contributed by atoms with Crippen LogP contribution in [-0.4, -0.2) is 39.2 Å². The van der Waals surface area contributed by atoms with Gasteiger partial charge in [0.25, 0.3) is 0 Å². The van der Waals surface area contributed by atoms with Gasteiger partial charge >= 0.3 is 5.97 Å². The number of carbonyl (C=O) groups is 2. The lowest BCUT2D eigenvalue weighted by atomic mass is 10.0. The molecule has 160 valence electrons. The van der Waals surface area contributed by atoms with Crippen LogP contribution in [0.15, 0.2) is 42.5 Å². The van der Waals surface area contributed by atoms with Gasteiger partial charge in [0.15, 0.2) is 0 Å². The number of piperidine rings is 1. The molecule has 1 unspecified atom stereocenters. The number of hydrogen-bond acceptors (Lipinski definition) is 5. The Labute approximate surface area is 178 Å². The smallest absolute Gasteiger partial charge is 0.341 e. The van der Waals surface area contributed by atoms with Gasteiger partial charge in [-0.15, -0.1) is 0 Å². The molecular formula is C24H30N2O4. The molecule has 2 aromatic carbocycles. The van der Waals surface area contributed by atoms with E-state index in [-0.39, 0.29) is 18.4 Å². The van der Waals surface area contributed by atoms with Crippen molar-refractivity contribution in [2.75, 3.05) is 32.2 Å². The number of carbonyl (C=O) groups excluding carboxylic acids is 2. The van der Waals surface area contributed by atoms with Gasteiger partial charge in [-0.1, -0.05) is 24.3 Å². The Kier molecular flexibility index (Phi) is 7.33. The maximum atomic E-state index is 12.7. The van der Waals surface area contributed by atoms with Gasteiger partial charge in [0.05, 0.1) is 26.7 Å². The van der Waals surface area contributed by atoms with Gasteiger partial charge < -0.3 is 19.7 Å². The first-order valence-corrected chi connectivity index (χ1v) is 10.4. The largest absolute Gasteiger partial charge is 0.496 e. The predicted octanol–water partition coefficient (Wildman–Crippen LogP) is 3.89. The lowest BCUT2D eigenvalue weighted by Gasteiger charge is -2.32. The lowest BCUT2D eigenvalue weighted by Crippen LogP contribution is -2.33. The number of anilines is 1. The second kappa shape index (κ2) is 10.1. The van der Waals surface area contributed by atoms with Crippen LogP contribution in [0.25, 0.3) is 0 Å². The molecule has 1 heterocycles. The summed E-state index contributed by atoms with van der Waals surface area (Å²) in [5.41, 5.74) is 3.45. The van der Waals surface area contributed by atoms with E-state index >= 15 is 0 Å². The van der Waals surface area contributed by atoms with E-state index in [0.29, 0.717) is 11.3 Å². The van der Waals surface area contributed by atoms with Crippen molar-refractivity contribution in [1.29, 1.82) is 0 Å². The zero-order valence-electron chi connectivity index (χ0n) is 17.9. The zero-order valence-corrected chi connectivity index (χ0v) is 17.9. The minimum atomic E-state index is -0.467. The van der Waals surface area contributed by atoms with E-state index in [9.17, 15) is 9.59 Å². The number of benzene rings is 2. The number of ether oxygens (including phenoxy) is 2. The van der Waals surface area contributed by atoms with Gasteiger partial charge in [-0.3, -0.25) is 4.79 Å². The average molecular weight is 411 g/mol.